The van der Waals surface area contributed by atoms with Gasteiger partial charge in [-0.05, 0) is 69.3 Å². The number of aliphatic hydroxyl groups is 1. The van der Waals surface area contributed by atoms with Crippen molar-refractivity contribution in [2.75, 3.05) is 26.8 Å². The third-order valence-electron chi connectivity index (χ3n) is 8.08. The molecule has 0 radical (unpaired) electrons. The van der Waals surface area contributed by atoms with Crippen LogP contribution >= 0.6 is 0 Å². The van der Waals surface area contributed by atoms with E-state index in [1.54, 1.807) is 48.8 Å². The average Bonchev–Trinajstić information content (AvgIpc) is 3.22. The van der Waals surface area contributed by atoms with Gasteiger partial charge in [0.25, 0.3) is 0 Å². The molecule has 0 bridgehead atoms. The first-order valence-electron chi connectivity index (χ1n) is 14.5. The molecule has 5 rings (SSSR count). The zero-order chi connectivity index (χ0) is 33.4. The summed E-state index contributed by atoms with van der Waals surface area (Å²) in [5.41, 5.74) is -5.27. The molecule has 2 unspecified atom stereocenters. The molecular weight excluding hydrogens is 612 g/mol. The number of rotatable bonds is 14. The van der Waals surface area contributed by atoms with E-state index >= 15 is 0 Å². The summed E-state index contributed by atoms with van der Waals surface area (Å²) in [7, 11) is 0. The van der Waals surface area contributed by atoms with E-state index < -0.39 is 54.5 Å². The Bertz CT molecular complexity index is 1620. The minimum absolute atomic E-state index is 0.119. The molecule has 0 aromatic carbocycles. The number of carbonyl (C=O) groups is 2. The molecule has 1 saturated heterocycles. The van der Waals surface area contributed by atoms with Crippen LogP contribution in [0.4, 0.5) is 0 Å². The van der Waals surface area contributed by atoms with Gasteiger partial charge in [-0.3, -0.25) is 19.9 Å². The van der Waals surface area contributed by atoms with Crippen molar-refractivity contribution in [2.45, 2.75) is 43.4 Å². The van der Waals surface area contributed by atoms with E-state index in [1.165, 1.54) is 70.1 Å². The van der Waals surface area contributed by atoms with Gasteiger partial charge in [0.15, 0.2) is 24.8 Å². The van der Waals surface area contributed by atoms with Crippen molar-refractivity contribution in [2.24, 2.45) is 0 Å². The Morgan fingerprint density at radius 3 is 1.77 bits per heavy atom. The lowest BCUT2D eigenvalue weighted by molar-refractivity contribution is -0.317. The molecular formula is C33H34N4O10. The van der Waals surface area contributed by atoms with Crippen LogP contribution in [-0.4, -0.2) is 86.4 Å². The number of hydrogen-bond donors (Lipinski definition) is 1. The van der Waals surface area contributed by atoms with Crippen molar-refractivity contribution >= 4 is 11.9 Å². The molecule has 1 aliphatic heterocycles. The second-order valence-corrected chi connectivity index (χ2v) is 11.0. The molecule has 246 valence electrons. The Labute approximate surface area is 270 Å². The highest BCUT2D eigenvalue weighted by Crippen LogP contribution is 2.56. The van der Waals surface area contributed by atoms with Gasteiger partial charge in [0.2, 0.25) is 5.79 Å². The molecule has 1 aliphatic rings. The summed E-state index contributed by atoms with van der Waals surface area (Å²) in [6.07, 6.45) is 11.8. The highest BCUT2D eigenvalue weighted by molar-refractivity contribution is 5.90. The Kier molecular flexibility index (Phi) is 10.1. The van der Waals surface area contributed by atoms with Gasteiger partial charge >= 0.3 is 11.9 Å². The number of ether oxygens (including phenoxy) is 7. The molecule has 4 aromatic heterocycles. The van der Waals surface area contributed by atoms with Crippen LogP contribution in [0.1, 0.15) is 41.5 Å². The molecule has 0 amide bonds. The summed E-state index contributed by atoms with van der Waals surface area (Å²) in [4.78, 5) is 42.6. The maximum absolute atomic E-state index is 13.6. The summed E-state index contributed by atoms with van der Waals surface area (Å²) >= 11 is 0. The van der Waals surface area contributed by atoms with E-state index in [-0.39, 0.29) is 17.9 Å². The van der Waals surface area contributed by atoms with Gasteiger partial charge in [0.1, 0.15) is 30.3 Å². The predicted octanol–water partition coefficient (Wildman–Crippen LogP) is 3.38. The van der Waals surface area contributed by atoms with E-state index in [0.717, 1.165) is 0 Å². The summed E-state index contributed by atoms with van der Waals surface area (Å²) in [6, 6.07) is 12.9. The van der Waals surface area contributed by atoms with Gasteiger partial charge in [-0.2, -0.15) is 0 Å². The van der Waals surface area contributed by atoms with Gasteiger partial charge in [-0.25, -0.2) is 9.59 Å². The van der Waals surface area contributed by atoms with Crippen molar-refractivity contribution < 1.29 is 47.9 Å². The van der Waals surface area contributed by atoms with E-state index in [0.29, 0.717) is 11.5 Å². The lowest BCUT2D eigenvalue weighted by atomic mass is 9.73. The first kappa shape index (κ1) is 33.3. The Morgan fingerprint density at radius 1 is 0.702 bits per heavy atom. The van der Waals surface area contributed by atoms with Gasteiger partial charge in [0.05, 0.1) is 23.5 Å². The van der Waals surface area contributed by atoms with Crippen LogP contribution in [0.3, 0.4) is 0 Å². The molecule has 4 atom stereocenters. The van der Waals surface area contributed by atoms with Crippen LogP contribution in [0.15, 0.2) is 98.1 Å². The monoisotopic (exact) mass is 646 g/mol. The SMILES string of the molecule is CC1(OC(=O)c2cccnc2)C(C)(OCOc2cccnc2)[C@@](O)(COCOc2cccnc2)O[C@]1(C)COC(=O)c1cccnc1. The average molecular weight is 647 g/mol. The van der Waals surface area contributed by atoms with E-state index in [1.807, 2.05) is 0 Å². The number of pyridine rings is 4. The first-order chi connectivity index (χ1) is 22.6. The maximum atomic E-state index is 13.6. The van der Waals surface area contributed by atoms with Crippen LogP contribution in [-0.2, 0) is 23.7 Å². The minimum atomic E-state index is -2.34. The number of nitrogens with zero attached hydrogens (tertiary/aromatic N) is 4. The van der Waals surface area contributed by atoms with Crippen LogP contribution in [0.2, 0.25) is 0 Å². The zero-order valence-corrected chi connectivity index (χ0v) is 26.0. The third-order valence-corrected chi connectivity index (χ3v) is 8.08. The normalized spacial score (nSPS) is 25.1. The van der Waals surface area contributed by atoms with Crippen LogP contribution in [0, 0.1) is 0 Å². The van der Waals surface area contributed by atoms with E-state index in [2.05, 4.69) is 19.9 Å². The topological polar surface area (TPSA) is 171 Å². The quantitative estimate of drug-likeness (QED) is 0.120. The predicted molar refractivity (Wildman–Crippen MR) is 162 cm³/mol. The molecule has 47 heavy (non-hydrogen) atoms. The second kappa shape index (κ2) is 14.2. The standard InChI is InChI=1S/C33H34N4O10/c1-30(20-42-28(38)24-8-4-12-34-16-24)31(2,46-29(39)25-9-5-13-35-17-25)32(3,45-23-44-27-11-7-15-37-19-27)33(40,47-30)21-41-22-43-26-10-6-14-36-18-26/h4-19,40H,20-23H2,1-3H3/t30-,31?,32?,33-/m1/s1. The molecule has 5 heterocycles. The van der Waals surface area contributed by atoms with Crippen LogP contribution in [0.25, 0.3) is 0 Å². The van der Waals surface area contributed by atoms with Crippen molar-refractivity contribution in [3.05, 3.63) is 109 Å². The van der Waals surface area contributed by atoms with Gasteiger partial charge in [0, 0.05) is 37.2 Å². The molecule has 0 aliphatic carbocycles. The maximum Gasteiger partial charge on any atom is 0.340 e. The van der Waals surface area contributed by atoms with Crippen molar-refractivity contribution in [3.8, 4) is 11.5 Å². The van der Waals surface area contributed by atoms with Crippen molar-refractivity contribution in [1.82, 2.24) is 19.9 Å². The molecule has 14 heteroatoms. The van der Waals surface area contributed by atoms with Crippen LogP contribution < -0.4 is 9.47 Å². The molecule has 1 N–H and O–H groups in total. The Balaban J connectivity index is 1.47. The number of esters is 2. The zero-order valence-electron chi connectivity index (χ0n) is 26.0. The summed E-state index contributed by atoms with van der Waals surface area (Å²) in [5, 5.41) is 12.3. The molecule has 4 aromatic rings. The first-order valence-corrected chi connectivity index (χ1v) is 14.5. The van der Waals surface area contributed by atoms with Crippen LogP contribution in [0.5, 0.6) is 11.5 Å². The van der Waals surface area contributed by atoms with Gasteiger partial charge < -0.3 is 38.3 Å². The fraction of sp³-hybridized carbons (Fsp3) is 0.333. The molecule has 14 nitrogen and oxygen atoms in total. The van der Waals surface area contributed by atoms with Gasteiger partial charge in [-0.15, -0.1) is 0 Å². The molecule has 0 saturated carbocycles. The lowest BCUT2D eigenvalue weighted by Crippen LogP contribution is -2.67. The molecule has 1 fully saturated rings. The highest BCUT2D eigenvalue weighted by atomic mass is 16.8. The summed E-state index contributed by atoms with van der Waals surface area (Å²) < 4.78 is 41.5. The fourth-order valence-electron chi connectivity index (χ4n) is 5.10. The second-order valence-electron chi connectivity index (χ2n) is 11.0. The third kappa shape index (κ3) is 7.05. The van der Waals surface area contributed by atoms with Crippen molar-refractivity contribution in [1.29, 1.82) is 0 Å². The fourth-order valence-corrected chi connectivity index (χ4v) is 5.10. The molecule has 0 spiro atoms. The Hall–Kier alpha value is -5.02. The highest BCUT2D eigenvalue weighted by Gasteiger charge is 2.78. The Morgan fingerprint density at radius 2 is 1.23 bits per heavy atom. The largest absolute Gasteiger partial charge is 0.466 e. The smallest absolute Gasteiger partial charge is 0.340 e. The van der Waals surface area contributed by atoms with E-state index in [9.17, 15) is 14.7 Å². The summed E-state index contributed by atoms with van der Waals surface area (Å²) in [6.45, 7) is 2.73. The number of hydrogen-bond acceptors (Lipinski definition) is 14. The summed E-state index contributed by atoms with van der Waals surface area (Å²) in [5.74, 6) is -3.06. The van der Waals surface area contributed by atoms with E-state index in [4.69, 9.17) is 33.2 Å². The lowest BCUT2D eigenvalue weighted by Gasteiger charge is -2.46. The number of carbonyl (C=O) groups excluding carboxylic acids is 2. The van der Waals surface area contributed by atoms with Gasteiger partial charge in [-0.1, -0.05) is 0 Å². The van der Waals surface area contributed by atoms with Crippen molar-refractivity contribution in [3.63, 3.8) is 0 Å². The minimum Gasteiger partial charge on any atom is -0.466 e. The number of aromatic nitrogens is 4.